The van der Waals surface area contributed by atoms with Gasteiger partial charge in [0.15, 0.2) is 0 Å². The van der Waals surface area contributed by atoms with Crippen molar-refractivity contribution >= 4 is 29.1 Å². The van der Waals surface area contributed by atoms with Crippen molar-refractivity contribution in [1.29, 1.82) is 0 Å². The molecule has 1 fully saturated rings. The minimum atomic E-state index is -0.0547. The van der Waals surface area contributed by atoms with Gasteiger partial charge in [-0.15, -0.1) is 0 Å². The Labute approximate surface area is 162 Å². The molecule has 0 N–H and O–H groups in total. The van der Waals surface area contributed by atoms with E-state index >= 15 is 0 Å². The average molecular weight is 395 g/mol. The van der Waals surface area contributed by atoms with Crippen LogP contribution in [0.1, 0.15) is 23.2 Å². The van der Waals surface area contributed by atoms with Gasteiger partial charge >= 0.3 is 0 Å². The van der Waals surface area contributed by atoms with Crippen molar-refractivity contribution in [3.05, 3.63) is 52.3 Å². The summed E-state index contributed by atoms with van der Waals surface area (Å²) in [6, 6.07) is 6.84. The second-order valence-electron chi connectivity index (χ2n) is 6.20. The van der Waals surface area contributed by atoms with E-state index in [1.807, 2.05) is 4.90 Å². The van der Waals surface area contributed by atoms with E-state index in [-0.39, 0.29) is 5.91 Å². The summed E-state index contributed by atoms with van der Waals surface area (Å²) in [6.45, 7) is 1.92. The second-order valence-corrected chi connectivity index (χ2v) is 7.04. The number of halogens is 2. The van der Waals surface area contributed by atoms with Gasteiger partial charge in [0.25, 0.3) is 5.91 Å². The lowest BCUT2D eigenvalue weighted by Crippen LogP contribution is -2.39. The minimum absolute atomic E-state index is 0.0547. The van der Waals surface area contributed by atoms with Gasteiger partial charge < -0.3 is 14.4 Å². The minimum Gasteiger partial charge on any atom is -0.496 e. The molecule has 2 aromatic rings. The number of benzene rings is 1. The highest BCUT2D eigenvalue weighted by Gasteiger charge is 2.26. The summed E-state index contributed by atoms with van der Waals surface area (Å²) in [6.07, 6.45) is 4.96. The van der Waals surface area contributed by atoms with Gasteiger partial charge in [-0.2, -0.15) is 0 Å². The number of aromatic nitrogens is 1. The zero-order chi connectivity index (χ0) is 18.5. The van der Waals surface area contributed by atoms with Gasteiger partial charge in [0.05, 0.1) is 19.3 Å². The molecule has 3 rings (SSSR count). The van der Waals surface area contributed by atoms with Crippen molar-refractivity contribution in [1.82, 2.24) is 9.88 Å². The number of piperidine rings is 1. The molecule has 7 heteroatoms. The lowest BCUT2D eigenvalue weighted by molar-refractivity contribution is 0.0658. The molecular formula is C19H20Cl2N2O3. The number of ether oxygens (including phenoxy) is 2. The summed E-state index contributed by atoms with van der Waals surface area (Å²) < 4.78 is 11.1. The number of likely N-dealkylation sites (tertiary alicyclic amines) is 1. The first-order valence-corrected chi connectivity index (χ1v) is 9.19. The number of amides is 1. The molecule has 1 aromatic heterocycles. The Morgan fingerprint density at radius 3 is 2.69 bits per heavy atom. The van der Waals surface area contributed by atoms with Crippen LogP contribution in [0, 0.1) is 5.92 Å². The van der Waals surface area contributed by atoms with Gasteiger partial charge in [-0.05, 0) is 37.0 Å². The Morgan fingerprint density at radius 2 is 2.00 bits per heavy atom. The Morgan fingerprint density at radius 1 is 1.23 bits per heavy atom. The van der Waals surface area contributed by atoms with E-state index in [9.17, 15) is 4.79 Å². The summed E-state index contributed by atoms with van der Waals surface area (Å²) in [7, 11) is 1.55. The predicted molar refractivity (Wildman–Crippen MR) is 101 cm³/mol. The Hall–Kier alpha value is -1.98. The van der Waals surface area contributed by atoms with Gasteiger partial charge in [-0.3, -0.25) is 9.78 Å². The maximum atomic E-state index is 12.8. The Bertz CT molecular complexity index is 777. The maximum absolute atomic E-state index is 12.8. The quantitative estimate of drug-likeness (QED) is 0.757. The van der Waals surface area contributed by atoms with Gasteiger partial charge in [0, 0.05) is 36.6 Å². The topological polar surface area (TPSA) is 51.7 Å². The zero-order valence-electron chi connectivity index (χ0n) is 14.5. The number of pyridine rings is 1. The van der Waals surface area contributed by atoms with Gasteiger partial charge in [-0.1, -0.05) is 23.2 Å². The third-order valence-electron chi connectivity index (χ3n) is 4.50. The highest BCUT2D eigenvalue weighted by atomic mass is 35.5. The molecule has 0 spiro atoms. The van der Waals surface area contributed by atoms with E-state index in [1.165, 1.54) is 0 Å². The van der Waals surface area contributed by atoms with E-state index in [1.54, 1.807) is 43.8 Å². The van der Waals surface area contributed by atoms with Crippen molar-refractivity contribution in [2.75, 3.05) is 26.8 Å². The third kappa shape index (κ3) is 4.40. The van der Waals surface area contributed by atoms with Crippen LogP contribution in [-0.2, 0) is 0 Å². The van der Waals surface area contributed by atoms with Crippen LogP contribution in [0.4, 0.5) is 0 Å². The standard InChI is InChI=1S/C19H20Cl2N2O3/c1-25-17-3-2-14(20)10-15(17)19(24)23-8-5-13(6-9-23)12-26-18-4-7-22-11-16(18)21/h2-4,7,10-11,13H,5-6,8-9,12H2,1H3. The normalized spacial score (nSPS) is 15.0. The van der Waals surface area contributed by atoms with Crippen molar-refractivity contribution in [2.24, 2.45) is 5.92 Å². The molecule has 0 radical (unpaired) electrons. The molecule has 0 aliphatic carbocycles. The lowest BCUT2D eigenvalue weighted by Gasteiger charge is -2.32. The van der Waals surface area contributed by atoms with Crippen molar-refractivity contribution in [2.45, 2.75) is 12.8 Å². The van der Waals surface area contributed by atoms with Crippen LogP contribution in [0.5, 0.6) is 11.5 Å². The molecule has 0 saturated carbocycles. The fraction of sp³-hybridized carbons (Fsp3) is 0.368. The maximum Gasteiger partial charge on any atom is 0.257 e. The van der Waals surface area contributed by atoms with Crippen LogP contribution in [0.2, 0.25) is 10.0 Å². The van der Waals surface area contributed by atoms with Crippen LogP contribution in [-0.4, -0.2) is 42.6 Å². The van der Waals surface area contributed by atoms with E-state index in [4.69, 9.17) is 32.7 Å². The second kappa shape index (κ2) is 8.60. The van der Waals surface area contributed by atoms with Crippen molar-refractivity contribution < 1.29 is 14.3 Å². The van der Waals surface area contributed by atoms with Gasteiger partial charge in [0.2, 0.25) is 0 Å². The number of hydrogen-bond acceptors (Lipinski definition) is 4. The zero-order valence-corrected chi connectivity index (χ0v) is 16.0. The number of rotatable bonds is 5. The Balaban J connectivity index is 1.56. The summed E-state index contributed by atoms with van der Waals surface area (Å²) in [4.78, 5) is 18.6. The van der Waals surface area contributed by atoms with E-state index in [0.717, 1.165) is 12.8 Å². The number of carbonyl (C=O) groups is 1. The van der Waals surface area contributed by atoms with Crippen molar-refractivity contribution in [3.8, 4) is 11.5 Å². The first kappa shape index (κ1) is 18.8. The number of carbonyl (C=O) groups excluding carboxylic acids is 1. The lowest BCUT2D eigenvalue weighted by atomic mass is 9.97. The summed E-state index contributed by atoms with van der Waals surface area (Å²) >= 11 is 12.1. The molecule has 2 heterocycles. The van der Waals surface area contributed by atoms with Gasteiger partial charge in [-0.25, -0.2) is 0 Å². The highest BCUT2D eigenvalue weighted by molar-refractivity contribution is 6.32. The molecule has 1 saturated heterocycles. The smallest absolute Gasteiger partial charge is 0.257 e. The first-order chi connectivity index (χ1) is 12.6. The number of hydrogen-bond donors (Lipinski definition) is 0. The van der Waals surface area contributed by atoms with Crippen LogP contribution in [0.3, 0.4) is 0 Å². The monoisotopic (exact) mass is 394 g/mol. The summed E-state index contributed by atoms with van der Waals surface area (Å²) in [5, 5.41) is 1.03. The molecule has 138 valence electrons. The summed E-state index contributed by atoms with van der Waals surface area (Å²) in [5.74, 6) is 1.51. The molecular weight excluding hydrogens is 375 g/mol. The molecule has 1 amide bonds. The molecule has 1 aromatic carbocycles. The fourth-order valence-corrected chi connectivity index (χ4v) is 3.35. The van der Waals surface area contributed by atoms with Crippen LogP contribution in [0.25, 0.3) is 0 Å². The average Bonchev–Trinajstić information content (AvgIpc) is 2.67. The molecule has 5 nitrogen and oxygen atoms in total. The third-order valence-corrected chi connectivity index (χ3v) is 5.02. The molecule has 26 heavy (non-hydrogen) atoms. The van der Waals surface area contributed by atoms with Gasteiger partial charge in [0.1, 0.15) is 16.5 Å². The molecule has 0 bridgehead atoms. The van der Waals surface area contributed by atoms with E-state index < -0.39 is 0 Å². The first-order valence-electron chi connectivity index (χ1n) is 8.43. The molecule has 1 aliphatic rings. The van der Waals surface area contributed by atoms with E-state index in [2.05, 4.69) is 4.98 Å². The van der Waals surface area contributed by atoms with Crippen LogP contribution in [0.15, 0.2) is 36.7 Å². The van der Waals surface area contributed by atoms with Crippen LogP contribution < -0.4 is 9.47 Å². The largest absolute Gasteiger partial charge is 0.496 e. The van der Waals surface area contributed by atoms with E-state index in [0.29, 0.717) is 52.7 Å². The van der Waals surface area contributed by atoms with Crippen LogP contribution >= 0.6 is 23.2 Å². The molecule has 0 unspecified atom stereocenters. The highest BCUT2D eigenvalue weighted by Crippen LogP contribution is 2.28. The number of methoxy groups -OCH3 is 1. The molecule has 0 atom stereocenters. The summed E-state index contributed by atoms with van der Waals surface area (Å²) in [5.41, 5.74) is 0.498. The SMILES string of the molecule is COc1ccc(Cl)cc1C(=O)N1CCC(COc2ccncc2Cl)CC1. The predicted octanol–water partition coefficient (Wildman–Crippen LogP) is 4.33. The van der Waals surface area contributed by atoms with Crippen molar-refractivity contribution in [3.63, 3.8) is 0 Å². The molecule has 1 aliphatic heterocycles. The fourth-order valence-electron chi connectivity index (χ4n) is 3.01. The number of nitrogens with zero attached hydrogens (tertiary/aromatic N) is 2. The Kier molecular flexibility index (Phi) is 6.22.